The van der Waals surface area contributed by atoms with Crippen LogP contribution >= 0.6 is 0 Å². The number of benzene rings is 3. The molecule has 3 N–H and O–H groups in total. The number of rotatable bonds is 16. The summed E-state index contributed by atoms with van der Waals surface area (Å²) >= 11 is 0. The molecule has 0 fully saturated rings. The van der Waals surface area contributed by atoms with E-state index in [1.807, 2.05) is 36.4 Å². The highest BCUT2D eigenvalue weighted by molar-refractivity contribution is 5.94. The van der Waals surface area contributed by atoms with Crippen molar-refractivity contribution >= 4 is 29.7 Å². The van der Waals surface area contributed by atoms with Gasteiger partial charge >= 0.3 is 11.9 Å². The van der Waals surface area contributed by atoms with Gasteiger partial charge in [-0.15, -0.1) is 0 Å². The first-order valence-corrected chi connectivity index (χ1v) is 15.5. The summed E-state index contributed by atoms with van der Waals surface area (Å²) in [4.78, 5) is 69.0. The molecule has 4 aromatic rings. The predicted octanol–water partition coefficient (Wildman–Crippen LogP) is 3.16. The maximum atomic E-state index is 13.6. The third-order valence-corrected chi connectivity index (χ3v) is 7.14. The molecule has 3 aromatic carbocycles. The van der Waals surface area contributed by atoms with Gasteiger partial charge in [-0.2, -0.15) is 5.26 Å². The Balaban J connectivity index is 1.42. The lowest BCUT2D eigenvalue weighted by Gasteiger charge is -2.23. The van der Waals surface area contributed by atoms with Gasteiger partial charge in [-0.1, -0.05) is 91.0 Å². The van der Waals surface area contributed by atoms with E-state index >= 15 is 0 Å². The molecule has 0 unspecified atom stereocenters. The number of carbonyl (C=O) groups excluding carboxylic acids is 5. The summed E-state index contributed by atoms with van der Waals surface area (Å²) < 4.78 is 10.9. The van der Waals surface area contributed by atoms with E-state index in [0.717, 1.165) is 16.7 Å². The molecule has 0 saturated carbocycles. The second-order valence-electron chi connectivity index (χ2n) is 10.9. The van der Waals surface area contributed by atoms with Crippen LogP contribution in [0.5, 0.6) is 0 Å². The fourth-order valence-corrected chi connectivity index (χ4v) is 4.56. The summed E-state index contributed by atoms with van der Waals surface area (Å²) in [5.41, 5.74) is 2.59. The van der Waals surface area contributed by atoms with Crippen molar-refractivity contribution in [2.45, 2.75) is 44.6 Å². The Morgan fingerprint density at radius 2 is 1.31 bits per heavy atom. The van der Waals surface area contributed by atoms with Crippen LogP contribution in [0.25, 0.3) is 0 Å². The van der Waals surface area contributed by atoms with Crippen molar-refractivity contribution < 1.29 is 33.4 Å². The van der Waals surface area contributed by atoms with Gasteiger partial charge < -0.3 is 25.4 Å². The quantitative estimate of drug-likeness (QED) is 0.152. The lowest BCUT2D eigenvalue weighted by molar-refractivity contribution is -0.150. The molecule has 1 heterocycles. The fraction of sp³-hybridized carbons (Fsp3) is 0.216. The minimum atomic E-state index is -1.41. The molecule has 0 bridgehead atoms. The van der Waals surface area contributed by atoms with Crippen molar-refractivity contribution in [1.29, 1.82) is 5.26 Å². The molecular formula is C37H35N5O7. The second-order valence-corrected chi connectivity index (χ2v) is 10.9. The molecule has 250 valence electrons. The molecule has 1 aromatic heterocycles. The lowest BCUT2D eigenvalue weighted by atomic mass is 10.0. The van der Waals surface area contributed by atoms with Crippen molar-refractivity contribution in [2.75, 3.05) is 6.54 Å². The van der Waals surface area contributed by atoms with Crippen LogP contribution in [0.1, 0.15) is 45.6 Å². The van der Waals surface area contributed by atoms with Crippen LogP contribution in [0, 0.1) is 11.3 Å². The van der Waals surface area contributed by atoms with E-state index in [9.17, 15) is 24.0 Å². The van der Waals surface area contributed by atoms with Gasteiger partial charge in [0, 0.05) is 25.6 Å². The van der Waals surface area contributed by atoms with Gasteiger partial charge in [0.15, 0.2) is 0 Å². The summed E-state index contributed by atoms with van der Waals surface area (Å²) in [6.45, 7) is -0.169. The number of hydrogen-bond donors (Lipinski definition) is 3. The van der Waals surface area contributed by atoms with E-state index in [-0.39, 0.29) is 43.9 Å². The van der Waals surface area contributed by atoms with Crippen LogP contribution in [-0.2, 0) is 48.3 Å². The van der Waals surface area contributed by atoms with Gasteiger partial charge in [0.25, 0.3) is 5.91 Å². The first-order valence-electron chi connectivity index (χ1n) is 15.5. The molecule has 3 amide bonds. The van der Waals surface area contributed by atoms with Crippen LogP contribution in [0.2, 0.25) is 0 Å². The topological polar surface area (TPSA) is 177 Å². The monoisotopic (exact) mass is 661 g/mol. The van der Waals surface area contributed by atoms with Crippen molar-refractivity contribution in [3.05, 3.63) is 137 Å². The summed E-state index contributed by atoms with van der Waals surface area (Å²) in [6.07, 6.45) is 0.583. The summed E-state index contributed by atoms with van der Waals surface area (Å²) in [5.74, 6) is -3.45. The Kier molecular flexibility index (Phi) is 13.6. The van der Waals surface area contributed by atoms with Crippen LogP contribution in [0.3, 0.4) is 0 Å². The lowest BCUT2D eigenvalue weighted by Crippen LogP contribution is -2.53. The zero-order valence-electron chi connectivity index (χ0n) is 26.5. The van der Waals surface area contributed by atoms with E-state index < -0.39 is 48.2 Å². The number of nitriles is 1. The molecular weight excluding hydrogens is 626 g/mol. The van der Waals surface area contributed by atoms with Crippen LogP contribution < -0.4 is 16.0 Å². The molecule has 12 nitrogen and oxygen atoms in total. The Morgan fingerprint density at radius 1 is 0.714 bits per heavy atom. The summed E-state index contributed by atoms with van der Waals surface area (Å²) in [7, 11) is 0. The van der Waals surface area contributed by atoms with E-state index in [1.165, 1.54) is 18.3 Å². The first kappa shape index (κ1) is 35.5. The maximum Gasteiger partial charge on any atom is 0.329 e. The highest BCUT2D eigenvalue weighted by Gasteiger charge is 2.30. The van der Waals surface area contributed by atoms with E-state index in [2.05, 4.69) is 20.9 Å². The number of nitrogens with zero attached hydrogens (tertiary/aromatic N) is 2. The number of hydrogen-bond acceptors (Lipinski definition) is 9. The number of nitrogens with one attached hydrogen (secondary N) is 3. The normalized spacial score (nSPS) is 11.6. The number of carbonyl (C=O) groups is 5. The van der Waals surface area contributed by atoms with Crippen LogP contribution in [0.4, 0.5) is 0 Å². The van der Waals surface area contributed by atoms with Gasteiger partial charge in [0.1, 0.15) is 37.1 Å². The minimum Gasteiger partial charge on any atom is -0.461 e. The maximum absolute atomic E-state index is 13.6. The second kappa shape index (κ2) is 18.7. The summed E-state index contributed by atoms with van der Waals surface area (Å²) in [6, 6.07) is 29.2. The van der Waals surface area contributed by atoms with Crippen molar-refractivity contribution in [3.63, 3.8) is 0 Å². The Hall–Kier alpha value is -6.35. The van der Waals surface area contributed by atoms with Gasteiger partial charge in [-0.3, -0.25) is 19.2 Å². The first-order chi connectivity index (χ1) is 23.8. The molecule has 0 spiro atoms. The highest BCUT2D eigenvalue weighted by Crippen LogP contribution is 2.10. The molecule has 49 heavy (non-hydrogen) atoms. The predicted molar refractivity (Wildman–Crippen MR) is 177 cm³/mol. The van der Waals surface area contributed by atoms with Crippen molar-refractivity contribution in [2.24, 2.45) is 0 Å². The largest absolute Gasteiger partial charge is 0.461 e. The van der Waals surface area contributed by atoms with Crippen molar-refractivity contribution in [3.8, 4) is 6.07 Å². The zero-order valence-corrected chi connectivity index (χ0v) is 26.5. The zero-order chi connectivity index (χ0) is 34.8. The Labute approximate surface area is 283 Å². The van der Waals surface area contributed by atoms with Gasteiger partial charge in [0.05, 0.1) is 12.0 Å². The van der Waals surface area contributed by atoms with E-state index in [0.29, 0.717) is 0 Å². The fourth-order valence-electron chi connectivity index (χ4n) is 4.56. The number of pyridine rings is 1. The van der Waals surface area contributed by atoms with Gasteiger partial charge in [-0.05, 0) is 28.8 Å². The summed E-state index contributed by atoms with van der Waals surface area (Å²) in [5, 5.41) is 16.7. The van der Waals surface area contributed by atoms with Crippen LogP contribution in [0.15, 0.2) is 109 Å². The average Bonchev–Trinajstić information content (AvgIpc) is 3.13. The van der Waals surface area contributed by atoms with Crippen LogP contribution in [-0.4, -0.2) is 53.3 Å². The van der Waals surface area contributed by atoms with E-state index in [4.69, 9.17) is 14.7 Å². The molecule has 4 rings (SSSR count). The standard InChI is InChI=1S/C37H35N5O7/c38-22-29-16-17-30(40-23-29)35(45)39-19-18-33(43)41-31(21-34(44)48-24-27-12-6-2-7-13-27)36(46)42-32(20-26-10-4-1-5-11-26)37(47)49-25-28-14-8-3-9-15-28/h1-17,23,31-32H,18-21,24-25H2,(H,39,45)(H,41,43)(H,42,46)/t31-,32-/m0/s1. The molecule has 0 radical (unpaired) electrons. The average molecular weight is 662 g/mol. The Bertz CT molecular complexity index is 1750. The smallest absolute Gasteiger partial charge is 0.329 e. The molecule has 0 saturated heterocycles. The third-order valence-electron chi connectivity index (χ3n) is 7.14. The third kappa shape index (κ3) is 12.1. The SMILES string of the molecule is N#Cc1ccc(C(=O)NCCC(=O)N[C@@H](CC(=O)OCc2ccccc2)C(=O)N[C@@H](Cc2ccccc2)C(=O)OCc2ccccc2)nc1. The van der Waals surface area contributed by atoms with Crippen molar-refractivity contribution in [1.82, 2.24) is 20.9 Å². The van der Waals surface area contributed by atoms with Gasteiger partial charge in [-0.25, -0.2) is 9.78 Å². The number of amides is 3. The molecule has 0 aliphatic carbocycles. The molecule has 2 atom stereocenters. The number of esters is 2. The Morgan fingerprint density at radius 3 is 1.88 bits per heavy atom. The van der Waals surface area contributed by atoms with E-state index in [1.54, 1.807) is 60.7 Å². The number of aromatic nitrogens is 1. The van der Waals surface area contributed by atoms with Gasteiger partial charge in [0.2, 0.25) is 11.8 Å². The highest BCUT2D eigenvalue weighted by atomic mass is 16.5. The molecule has 0 aliphatic rings. The number of ether oxygens (including phenoxy) is 2. The molecule has 0 aliphatic heterocycles. The minimum absolute atomic E-state index is 0.0173. The molecule has 12 heteroatoms.